The van der Waals surface area contributed by atoms with Gasteiger partial charge in [-0.05, 0) is 51.0 Å². The number of nitrogens with zero attached hydrogens (tertiary/aromatic N) is 4. The van der Waals surface area contributed by atoms with Crippen LogP contribution in [0.2, 0.25) is 0 Å². The summed E-state index contributed by atoms with van der Waals surface area (Å²) in [5, 5.41) is 2.23. The molecule has 0 radical (unpaired) electrons. The molecule has 2 aliphatic heterocycles. The summed E-state index contributed by atoms with van der Waals surface area (Å²) in [6.45, 7) is 4.17. The molecular formula is C27H30N4O2. The van der Waals surface area contributed by atoms with Crippen LogP contribution in [-0.4, -0.2) is 53.2 Å². The Hall–Kier alpha value is -3.38. The second-order valence-corrected chi connectivity index (χ2v) is 9.11. The molecule has 6 nitrogen and oxygen atoms in total. The molecule has 1 amide bonds. The van der Waals surface area contributed by atoms with E-state index in [-0.39, 0.29) is 23.4 Å². The highest BCUT2D eigenvalue weighted by molar-refractivity contribution is 5.95. The normalized spacial score (nSPS) is 17.5. The van der Waals surface area contributed by atoms with Gasteiger partial charge in [-0.25, -0.2) is 0 Å². The average molecular weight is 443 g/mol. The molecule has 0 spiro atoms. The van der Waals surface area contributed by atoms with Crippen LogP contribution in [0.15, 0.2) is 77.7 Å². The van der Waals surface area contributed by atoms with Gasteiger partial charge in [0.2, 0.25) is 0 Å². The molecule has 170 valence electrons. The number of hydrogen-bond donors (Lipinski definition) is 0. The zero-order valence-corrected chi connectivity index (χ0v) is 19.2. The van der Waals surface area contributed by atoms with Crippen molar-refractivity contribution >= 4 is 5.91 Å². The number of likely N-dealkylation sites (tertiary alicyclic amines) is 1. The van der Waals surface area contributed by atoms with Crippen molar-refractivity contribution in [2.75, 3.05) is 31.8 Å². The lowest BCUT2D eigenvalue weighted by Crippen LogP contribution is -2.59. The number of hydrogen-bond acceptors (Lipinski definition) is 4. The fourth-order valence-corrected chi connectivity index (χ4v) is 5.12. The molecule has 1 aromatic heterocycles. The molecule has 2 aliphatic rings. The minimum absolute atomic E-state index is 0.0455. The van der Waals surface area contributed by atoms with Crippen molar-refractivity contribution in [2.45, 2.75) is 31.8 Å². The summed E-state index contributed by atoms with van der Waals surface area (Å²) in [6.07, 6.45) is 3.63. The maximum Gasteiger partial charge on any atom is 0.274 e. The zero-order valence-electron chi connectivity index (χ0n) is 19.2. The number of amides is 1. The van der Waals surface area contributed by atoms with Crippen LogP contribution in [-0.2, 0) is 0 Å². The predicted molar refractivity (Wildman–Crippen MR) is 130 cm³/mol. The first kappa shape index (κ1) is 21.5. The summed E-state index contributed by atoms with van der Waals surface area (Å²) in [6, 6.07) is 22.4. The van der Waals surface area contributed by atoms with Gasteiger partial charge in [-0.3, -0.25) is 19.3 Å². The van der Waals surface area contributed by atoms with Crippen LogP contribution in [0, 0.1) is 6.92 Å². The molecule has 3 aromatic rings. The Balaban J connectivity index is 1.66. The van der Waals surface area contributed by atoms with Crippen molar-refractivity contribution in [1.29, 1.82) is 0 Å². The number of aromatic nitrogens is 1. The first-order valence-electron chi connectivity index (χ1n) is 11.6. The number of fused-ring (bicyclic) bond motifs is 1. The number of pyridine rings is 1. The van der Waals surface area contributed by atoms with E-state index in [0.29, 0.717) is 17.9 Å². The summed E-state index contributed by atoms with van der Waals surface area (Å²) in [4.78, 5) is 30.6. The van der Waals surface area contributed by atoms with Crippen LogP contribution in [0.25, 0.3) is 0 Å². The maximum atomic E-state index is 13.7. The summed E-state index contributed by atoms with van der Waals surface area (Å²) in [5.74, 6) is -0.0455. The number of carbonyl (C=O) groups excluding carboxylic acids is 1. The van der Waals surface area contributed by atoms with E-state index in [9.17, 15) is 9.59 Å². The van der Waals surface area contributed by atoms with Crippen LogP contribution in [0.1, 0.15) is 46.1 Å². The first-order chi connectivity index (χ1) is 16.0. The SMILES string of the molecule is Cc1c2n(ccc1=O)N(C(c1ccccc1)c1ccccc1)CN(C1CCN(C)CC1)C2=O. The minimum atomic E-state index is -0.102. The van der Waals surface area contributed by atoms with Crippen LogP contribution in [0.4, 0.5) is 0 Å². The van der Waals surface area contributed by atoms with Gasteiger partial charge in [-0.15, -0.1) is 0 Å². The Labute approximate surface area is 194 Å². The molecule has 5 rings (SSSR count). The Morgan fingerprint density at radius 3 is 2.00 bits per heavy atom. The van der Waals surface area contributed by atoms with Crippen molar-refractivity contribution in [1.82, 2.24) is 14.5 Å². The Kier molecular flexibility index (Phi) is 5.77. The second kappa shape index (κ2) is 8.87. The number of benzene rings is 2. The largest absolute Gasteiger partial charge is 0.315 e. The van der Waals surface area contributed by atoms with Crippen LogP contribution in [0.5, 0.6) is 0 Å². The number of piperidine rings is 1. The van der Waals surface area contributed by atoms with E-state index in [4.69, 9.17) is 0 Å². The molecule has 1 fully saturated rings. The van der Waals surface area contributed by atoms with E-state index in [1.54, 1.807) is 19.2 Å². The summed E-state index contributed by atoms with van der Waals surface area (Å²) in [5.41, 5.74) is 3.16. The van der Waals surface area contributed by atoms with Gasteiger partial charge in [0.1, 0.15) is 12.4 Å². The third kappa shape index (κ3) is 3.95. The Morgan fingerprint density at radius 1 is 0.848 bits per heavy atom. The van der Waals surface area contributed by atoms with Gasteiger partial charge in [0.15, 0.2) is 5.43 Å². The van der Waals surface area contributed by atoms with Gasteiger partial charge in [0.25, 0.3) is 5.91 Å². The van der Waals surface area contributed by atoms with Crippen molar-refractivity contribution in [3.8, 4) is 0 Å². The number of carbonyl (C=O) groups is 1. The fraction of sp³-hybridized carbons (Fsp3) is 0.333. The molecule has 0 atom stereocenters. The molecular weight excluding hydrogens is 412 g/mol. The van der Waals surface area contributed by atoms with E-state index >= 15 is 0 Å². The maximum absolute atomic E-state index is 13.7. The molecule has 0 bridgehead atoms. The highest BCUT2D eigenvalue weighted by atomic mass is 16.2. The lowest BCUT2D eigenvalue weighted by Gasteiger charge is -2.48. The van der Waals surface area contributed by atoms with Crippen molar-refractivity contribution < 1.29 is 4.79 Å². The predicted octanol–water partition coefficient (Wildman–Crippen LogP) is 3.39. The molecule has 33 heavy (non-hydrogen) atoms. The molecule has 0 aliphatic carbocycles. The third-order valence-corrected chi connectivity index (χ3v) is 7.02. The smallest absolute Gasteiger partial charge is 0.274 e. The van der Waals surface area contributed by atoms with E-state index < -0.39 is 0 Å². The van der Waals surface area contributed by atoms with Gasteiger partial charge in [0.05, 0.1) is 6.04 Å². The van der Waals surface area contributed by atoms with Gasteiger partial charge < -0.3 is 9.80 Å². The third-order valence-electron chi connectivity index (χ3n) is 7.02. The quantitative estimate of drug-likeness (QED) is 0.622. The second-order valence-electron chi connectivity index (χ2n) is 9.11. The molecule has 6 heteroatoms. The molecule has 0 unspecified atom stereocenters. The van der Waals surface area contributed by atoms with Gasteiger partial charge >= 0.3 is 0 Å². The zero-order chi connectivity index (χ0) is 22.9. The lowest BCUT2D eigenvalue weighted by molar-refractivity contribution is 0.0500. The standard InChI is InChI=1S/C27H30N4O2/c1-20-24(32)15-18-30-25(20)27(33)29(23-13-16-28(2)17-14-23)19-31(30)26(21-9-5-3-6-10-21)22-11-7-4-8-12-22/h3-12,15,18,23,26H,13-14,16-17,19H2,1-2H3. The monoisotopic (exact) mass is 442 g/mol. The molecule has 1 saturated heterocycles. The fourth-order valence-electron chi connectivity index (χ4n) is 5.12. The van der Waals surface area contributed by atoms with Gasteiger partial charge in [-0.1, -0.05) is 60.7 Å². The van der Waals surface area contributed by atoms with Crippen LogP contribution >= 0.6 is 0 Å². The Bertz CT molecular complexity index is 1140. The van der Waals surface area contributed by atoms with Crippen LogP contribution in [0.3, 0.4) is 0 Å². The van der Waals surface area contributed by atoms with Crippen molar-refractivity contribution in [3.63, 3.8) is 0 Å². The lowest BCUT2D eigenvalue weighted by atomic mass is 9.97. The molecule has 0 N–H and O–H groups in total. The van der Waals surface area contributed by atoms with E-state index in [2.05, 4.69) is 41.2 Å². The minimum Gasteiger partial charge on any atom is -0.315 e. The van der Waals surface area contributed by atoms with Gasteiger partial charge in [0, 0.05) is 23.9 Å². The number of rotatable bonds is 4. The van der Waals surface area contributed by atoms with Crippen LogP contribution < -0.4 is 10.4 Å². The van der Waals surface area contributed by atoms with E-state index in [1.165, 1.54) is 0 Å². The first-order valence-corrected chi connectivity index (χ1v) is 11.6. The van der Waals surface area contributed by atoms with Gasteiger partial charge in [-0.2, -0.15) is 0 Å². The Morgan fingerprint density at radius 2 is 1.42 bits per heavy atom. The molecule has 2 aromatic carbocycles. The van der Waals surface area contributed by atoms with Crippen molar-refractivity contribution in [3.05, 3.63) is 106 Å². The summed E-state index contributed by atoms with van der Waals surface area (Å²) >= 11 is 0. The average Bonchev–Trinajstić information content (AvgIpc) is 2.85. The molecule has 0 saturated carbocycles. The molecule has 3 heterocycles. The summed E-state index contributed by atoms with van der Waals surface area (Å²) in [7, 11) is 2.13. The van der Waals surface area contributed by atoms with Crippen molar-refractivity contribution in [2.24, 2.45) is 0 Å². The summed E-state index contributed by atoms with van der Waals surface area (Å²) < 4.78 is 1.91. The van der Waals surface area contributed by atoms with E-state index in [0.717, 1.165) is 37.1 Å². The highest BCUT2D eigenvalue weighted by Crippen LogP contribution is 2.32. The highest BCUT2D eigenvalue weighted by Gasteiger charge is 2.38. The topological polar surface area (TPSA) is 48.8 Å². The van der Waals surface area contributed by atoms with E-state index in [1.807, 2.05) is 46.0 Å².